The van der Waals surface area contributed by atoms with E-state index in [0.29, 0.717) is 11.3 Å². The summed E-state index contributed by atoms with van der Waals surface area (Å²) in [7, 11) is 1.56. The van der Waals surface area contributed by atoms with Crippen LogP contribution in [0.25, 0.3) is 0 Å². The lowest BCUT2D eigenvalue weighted by atomic mass is 10.1. The number of nitrogens with one attached hydrogen (secondary N) is 1. The van der Waals surface area contributed by atoms with Crippen molar-refractivity contribution < 1.29 is 9.13 Å². The molecule has 0 aliphatic carbocycles. The van der Waals surface area contributed by atoms with Crippen LogP contribution in [0.5, 0.6) is 5.75 Å². The highest BCUT2D eigenvalue weighted by Crippen LogP contribution is 2.30. The number of aryl methyl sites for hydroxylation is 1. The van der Waals surface area contributed by atoms with Crippen molar-refractivity contribution in [3.63, 3.8) is 0 Å². The number of benzene rings is 2. The van der Waals surface area contributed by atoms with Gasteiger partial charge in [-0.15, -0.1) is 0 Å². The van der Waals surface area contributed by atoms with Crippen LogP contribution in [0.4, 0.5) is 10.1 Å². The summed E-state index contributed by atoms with van der Waals surface area (Å²) >= 11 is 0. The van der Waals surface area contributed by atoms with Crippen LogP contribution in [0, 0.1) is 5.82 Å². The summed E-state index contributed by atoms with van der Waals surface area (Å²) in [5.41, 5.74) is 2.85. The molecule has 0 saturated heterocycles. The van der Waals surface area contributed by atoms with Gasteiger partial charge in [-0.05, 0) is 43.2 Å². The third-order valence-electron chi connectivity index (χ3n) is 3.54. The normalized spacial score (nSPS) is 12.0. The third kappa shape index (κ3) is 3.75. The Morgan fingerprint density at radius 3 is 2.48 bits per heavy atom. The zero-order valence-electron chi connectivity index (χ0n) is 12.8. The molecule has 0 heterocycles. The van der Waals surface area contributed by atoms with Gasteiger partial charge >= 0.3 is 0 Å². The van der Waals surface area contributed by atoms with Crippen molar-refractivity contribution >= 4 is 5.69 Å². The summed E-state index contributed by atoms with van der Waals surface area (Å²) in [4.78, 5) is 0. The molecule has 21 heavy (non-hydrogen) atoms. The van der Waals surface area contributed by atoms with Gasteiger partial charge in [0.1, 0.15) is 11.6 Å². The van der Waals surface area contributed by atoms with Gasteiger partial charge < -0.3 is 10.1 Å². The largest absolute Gasteiger partial charge is 0.496 e. The maximum Gasteiger partial charge on any atom is 0.132 e. The fourth-order valence-corrected chi connectivity index (χ4v) is 2.49. The molecular weight excluding hydrogens is 265 g/mol. The Kier molecular flexibility index (Phi) is 5.20. The molecule has 112 valence electrons. The average Bonchev–Trinajstić information content (AvgIpc) is 2.49. The summed E-state index contributed by atoms with van der Waals surface area (Å²) in [5, 5.41) is 3.32. The van der Waals surface area contributed by atoms with E-state index in [1.165, 1.54) is 11.6 Å². The number of halogens is 1. The van der Waals surface area contributed by atoms with E-state index in [1.807, 2.05) is 19.1 Å². The smallest absolute Gasteiger partial charge is 0.132 e. The van der Waals surface area contributed by atoms with Crippen LogP contribution in [-0.2, 0) is 6.42 Å². The number of hydrogen-bond acceptors (Lipinski definition) is 2. The Morgan fingerprint density at radius 1 is 1.14 bits per heavy atom. The van der Waals surface area contributed by atoms with E-state index in [-0.39, 0.29) is 11.9 Å². The number of hydrogen-bond donors (Lipinski definition) is 1. The molecule has 1 N–H and O–H groups in total. The summed E-state index contributed by atoms with van der Waals surface area (Å²) < 4.78 is 19.3. The van der Waals surface area contributed by atoms with Gasteiger partial charge in [0.05, 0.1) is 18.7 Å². The molecule has 1 unspecified atom stereocenters. The van der Waals surface area contributed by atoms with Crippen molar-refractivity contribution in [3.05, 3.63) is 59.4 Å². The number of anilines is 1. The number of ether oxygens (including phenoxy) is 1. The highest BCUT2D eigenvalue weighted by Gasteiger charge is 2.16. The van der Waals surface area contributed by atoms with Crippen LogP contribution in [0.15, 0.2) is 42.5 Å². The molecule has 1 atom stereocenters. The topological polar surface area (TPSA) is 21.3 Å². The Labute approximate surface area is 126 Å². The molecule has 0 amide bonds. The van der Waals surface area contributed by atoms with Crippen molar-refractivity contribution in [1.29, 1.82) is 0 Å². The van der Waals surface area contributed by atoms with E-state index in [1.54, 1.807) is 19.2 Å². The van der Waals surface area contributed by atoms with Crippen LogP contribution in [0.2, 0.25) is 0 Å². The minimum atomic E-state index is -0.253. The predicted molar refractivity (Wildman–Crippen MR) is 85.4 cm³/mol. The molecule has 0 spiro atoms. The van der Waals surface area contributed by atoms with Crippen LogP contribution in [0.3, 0.4) is 0 Å². The van der Waals surface area contributed by atoms with Gasteiger partial charge in [-0.3, -0.25) is 0 Å². The molecule has 2 aromatic rings. The lowest BCUT2D eigenvalue weighted by Crippen LogP contribution is -2.10. The Balaban J connectivity index is 2.16. The fraction of sp³-hybridized carbons (Fsp3) is 0.333. The highest BCUT2D eigenvalue weighted by atomic mass is 19.1. The molecule has 0 fully saturated rings. The molecule has 0 aliphatic rings. The van der Waals surface area contributed by atoms with Gasteiger partial charge in [-0.2, -0.15) is 0 Å². The van der Waals surface area contributed by atoms with E-state index >= 15 is 0 Å². The second kappa shape index (κ2) is 7.11. The molecule has 2 nitrogen and oxygen atoms in total. The van der Waals surface area contributed by atoms with Gasteiger partial charge in [0.25, 0.3) is 0 Å². The first-order valence-corrected chi connectivity index (χ1v) is 7.33. The van der Waals surface area contributed by atoms with Gasteiger partial charge in [-0.25, -0.2) is 4.39 Å². The monoisotopic (exact) mass is 287 g/mol. The quantitative estimate of drug-likeness (QED) is 0.810. The average molecular weight is 287 g/mol. The van der Waals surface area contributed by atoms with Crippen molar-refractivity contribution in [3.8, 4) is 5.75 Å². The summed E-state index contributed by atoms with van der Waals surface area (Å²) in [6.45, 7) is 4.10. The van der Waals surface area contributed by atoms with Gasteiger partial charge in [0, 0.05) is 5.69 Å². The first-order chi connectivity index (χ1) is 10.2. The lowest BCUT2D eigenvalue weighted by molar-refractivity contribution is 0.402. The second-order valence-corrected chi connectivity index (χ2v) is 5.17. The zero-order chi connectivity index (χ0) is 15.2. The summed E-state index contributed by atoms with van der Waals surface area (Å²) in [5.74, 6) is 0.314. The van der Waals surface area contributed by atoms with E-state index in [0.717, 1.165) is 18.5 Å². The molecule has 2 aromatic carbocycles. The number of methoxy groups -OCH3 is 1. The van der Waals surface area contributed by atoms with Gasteiger partial charge in [-0.1, -0.05) is 31.5 Å². The lowest BCUT2D eigenvalue weighted by Gasteiger charge is -2.19. The molecule has 3 heteroatoms. The Morgan fingerprint density at radius 2 is 1.86 bits per heavy atom. The van der Waals surface area contributed by atoms with Crippen LogP contribution < -0.4 is 10.1 Å². The van der Waals surface area contributed by atoms with Crippen LogP contribution in [0.1, 0.15) is 37.4 Å². The van der Waals surface area contributed by atoms with E-state index < -0.39 is 0 Å². The SMILES string of the molecule is CCCc1ccc(NC(C)c2c(F)cccc2OC)cc1. The fourth-order valence-electron chi connectivity index (χ4n) is 2.49. The number of rotatable bonds is 6. The summed E-state index contributed by atoms with van der Waals surface area (Å²) in [6.07, 6.45) is 2.21. The molecule has 0 aliphatic heterocycles. The molecule has 0 radical (unpaired) electrons. The van der Waals surface area contributed by atoms with Crippen LogP contribution >= 0.6 is 0 Å². The molecule has 0 saturated carbocycles. The molecule has 0 bridgehead atoms. The highest BCUT2D eigenvalue weighted by molar-refractivity contribution is 5.49. The van der Waals surface area contributed by atoms with Crippen LogP contribution in [-0.4, -0.2) is 7.11 Å². The maximum atomic E-state index is 14.0. The first-order valence-electron chi connectivity index (χ1n) is 7.33. The van der Waals surface area contributed by atoms with Crippen molar-refractivity contribution in [2.24, 2.45) is 0 Å². The molecule has 2 rings (SSSR count). The van der Waals surface area contributed by atoms with Crippen molar-refractivity contribution in [2.45, 2.75) is 32.7 Å². The minimum absolute atomic E-state index is 0.168. The third-order valence-corrected chi connectivity index (χ3v) is 3.54. The van der Waals surface area contributed by atoms with E-state index in [9.17, 15) is 4.39 Å². The molecular formula is C18H22FNO. The Hall–Kier alpha value is -2.03. The van der Waals surface area contributed by atoms with E-state index in [2.05, 4.69) is 24.4 Å². The van der Waals surface area contributed by atoms with Crippen molar-refractivity contribution in [2.75, 3.05) is 12.4 Å². The predicted octanol–water partition coefficient (Wildman–Crippen LogP) is 4.96. The van der Waals surface area contributed by atoms with Gasteiger partial charge in [0.2, 0.25) is 0 Å². The molecule has 0 aromatic heterocycles. The zero-order valence-corrected chi connectivity index (χ0v) is 12.8. The van der Waals surface area contributed by atoms with Gasteiger partial charge in [0.15, 0.2) is 0 Å². The van der Waals surface area contributed by atoms with E-state index in [4.69, 9.17) is 4.74 Å². The summed E-state index contributed by atoms with van der Waals surface area (Å²) in [6, 6.07) is 13.0. The maximum absolute atomic E-state index is 14.0. The standard InChI is InChI=1S/C18H22FNO/c1-4-6-14-9-11-15(12-10-14)20-13(2)18-16(19)7-5-8-17(18)21-3/h5,7-13,20H,4,6H2,1-3H3. The first kappa shape index (κ1) is 15.4. The second-order valence-electron chi connectivity index (χ2n) is 5.17. The minimum Gasteiger partial charge on any atom is -0.496 e. The Bertz CT molecular complexity index is 580. The van der Waals surface area contributed by atoms with Crippen molar-refractivity contribution in [1.82, 2.24) is 0 Å².